The van der Waals surface area contributed by atoms with E-state index in [1.165, 1.54) is 5.56 Å². The molecule has 14 heavy (non-hydrogen) atoms. The van der Waals surface area contributed by atoms with Crippen LogP contribution in [0.4, 0.5) is 5.69 Å². The Morgan fingerprint density at radius 3 is 2.86 bits per heavy atom. The first-order valence-corrected chi connectivity index (χ1v) is 5.38. The van der Waals surface area contributed by atoms with Crippen molar-refractivity contribution in [2.24, 2.45) is 0 Å². The molecule has 0 atom stereocenters. The van der Waals surface area contributed by atoms with Gasteiger partial charge in [0, 0.05) is 22.7 Å². The van der Waals surface area contributed by atoms with Crippen LogP contribution in [0, 0.1) is 0 Å². The summed E-state index contributed by atoms with van der Waals surface area (Å²) < 4.78 is 0. The molecule has 0 aromatic heterocycles. The summed E-state index contributed by atoms with van der Waals surface area (Å²) in [5, 5.41) is 4.03. The second kappa shape index (κ2) is 3.21. The fourth-order valence-corrected chi connectivity index (χ4v) is 2.90. The highest BCUT2D eigenvalue weighted by atomic mass is 35.5. The van der Waals surface area contributed by atoms with Gasteiger partial charge in [-0.1, -0.05) is 43.7 Å². The molecule has 2 rings (SSSR count). The second-order valence-electron chi connectivity index (χ2n) is 4.27. The summed E-state index contributed by atoms with van der Waals surface area (Å²) in [6.45, 7) is 4.34. The van der Waals surface area contributed by atoms with Crippen molar-refractivity contribution in [3.05, 3.63) is 28.8 Å². The summed E-state index contributed by atoms with van der Waals surface area (Å²) in [6.07, 6.45) is 0.860. The highest BCUT2D eigenvalue weighted by Gasteiger charge is 2.31. The molecule has 1 aromatic carbocycles. The highest BCUT2D eigenvalue weighted by Crippen LogP contribution is 2.41. The van der Waals surface area contributed by atoms with Gasteiger partial charge in [-0.05, 0) is 17.5 Å². The molecule has 1 N–H and O–H groups in total. The molecule has 1 aromatic rings. The van der Waals surface area contributed by atoms with Crippen LogP contribution in [0.5, 0.6) is 0 Å². The molecule has 0 fully saturated rings. The van der Waals surface area contributed by atoms with Crippen LogP contribution in [0.15, 0.2) is 18.2 Å². The van der Waals surface area contributed by atoms with Gasteiger partial charge in [-0.2, -0.15) is 0 Å². The first kappa shape index (κ1) is 9.94. The lowest BCUT2D eigenvalue weighted by atomic mass is 9.78. The lowest BCUT2D eigenvalue weighted by molar-refractivity contribution is 0.547. The van der Waals surface area contributed by atoms with Gasteiger partial charge in [-0.15, -0.1) is 0 Å². The van der Waals surface area contributed by atoms with Gasteiger partial charge in [-0.3, -0.25) is 0 Å². The Morgan fingerprint density at radius 1 is 1.43 bits per heavy atom. The molecule has 0 saturated carbocycles. The third kappa shape index (κ3) is 1.53. The van der Waals surface area contributed by atoms with E-state index in [4.69, 9.17) is 23.8 Å². The van der Waals surface area contributed by atoms with E-state index in [9.17, 15) is 0 Å². The maximum Gasteiger partial charge on any atom is 0.0806 e. The topological polar surface area (TPSA) is 12.0 Å². The Hall–Kier alpha value is -0.600. The summed E-state index contributed by atoms with van der Waals surface area (Å²) >= 11 is 11.4. The molecular weight excluding hydrogens is 214 g/mol. The minimum atomic E-state index is 0.0377. The predicted molar refractivity (Wildman–Crippen MR) is 65.3 cm³/mol. The average Bonchev–Trinajstić information content (AvgIpc) is 2.00. The van der Waals surface area contributed by atoms with Crippen LogP contribution in [0.1, 0.15) is 25.8 Å². The number of hydrogen-bond acceptors (Lipinski definition) is 1. The van der Waals surface area contributed by atoms with Crippen LogP contribution < -0.4 is 5.32 Å². The van der Waals surface area contributed by atoms with Gasteiger partial charge in [0.25, 0.3) is 0 Å². The van der Waals surface area contributed by atoms with Gasteiger partial charge in [0.2, 0.25) is 0 Å². The Bertz CT molecular complexity index is 398. The van der Waals surface area contributed by atoms with E-state index in [2.05, 4.69) is 19.2 Å². The molecular formula is C11H12ClNS. The van der Waals surface area contributed by atoms with E-state index in [0.29, 0.717) is 0 Å². The van der Waals surface area contributed by atoms with Crippen LogP contribution in [0.3, 0.4) is 0 Å². The van der Waals surface area contributed by atoms with E-state index >= 15 is 0 Å². The van der Waals surface area contributed by atoms with Gasteiger partial charge >= 0.3 is 0 Å². The molecule has 1 aliphatic rings. The van der Waals surface area contributed by atoms with Crippen LogP contribution in [-0.2, 0) is 5.41 Å². The molecule has 1 aliphatic heterocycles. The smallest absolute Gasteiger partial charge is 0.0806 e. The summed E-state index contributed by atoms with van der Waals surface area (Å²) in [7, 11) is 0. The lowest BCUT2D eigenvalue weighted by Crippen LogP contribution is -2.31. The van der Waals surface area contributed by atoms with E-state index in [1.54, 1.807) is 0 Å². The van der Waals surface area contributed by atoms with Gasteiger partial charge in [0.15, 0.2) is 0 Å². The quantitative estimate of drug-likeness (QED) is 0.675. The summed E-state index contributed by atoms with van der Waals surface area (Å²) in [4.78, 5) is 0.893. The van der Waals surface area contributed by atoms with E-state index in [-0.39, 0.29) is 5.41 Å². The molecule has 1 heterocycles. The fourth-order valence-electron chi connectivity index (χ4n) is 2.00. The number of nitrogens with one attached hydrogen (secondary N) is 1. The zero-order chi connectivity index (χ0) is 10.3. The van der Waals surface area contributed by atoms with E-state index in [1.807, 2.05) is 18.2 Å². The number of fused-ring (bicyclic) bond motifs is 1. The van der Waals surface area contributed by atoms with Crippen molar-refractivity contribution in [3.63, 3.8) is 0 Å². The van der Waals surface area contributed by atoms with Crippen LogP contribution in [-0.4, -0.2) is 4.99 Å². The molecule has 0 spiro atoms. The lowest BCUT2D eigenvalue weighted by Gasteiger charge is -2.34. The van der Waals surface area contributed by atoms with Crippen LogP contribution in [0.25, 0.3) is 0 Å². The first-order chi connectivity index (χ1) is 6.50. The molecule has 0 bridgehead atoms. The molecule has 74 valence electrons. The van der Waals surface area contributed by atoms with Crippen LogP contribution >= 0.6 is 23.8 Å². The Labute approximate surface area is 94.5 Å². The van der Waals surface area contributed by atoms with Crippen molar-refractivity contribution in [2.75, 3.05) is 5.32 Å². The Balaban J connectivity index is 2.64. The molecule has 0 radical (unpaired) electrons. The third-order valence-electron chi connectivity index (χ3n) is 2.57. The van der Waals surface area contributed by atoms with Crippen molar-refractivity contribution in [3.8, 4) is 0 Å². The summed E-state index contributed by atoms with van der Waals surface area (Å²) in [5.74, 6) is 0. The number of anilines is 1. The molecule has 0 aliphatic carbocycles. The van der Waals surface area contributed by atoms with E-state index < -0.39 is 0 Å². The number of hydrogen-bond donors (Lipinski definition) is 1. The largest absolute Gasteiger partial charge is 0.350 e. The van der Waals surface area contributed by atoms with Crippen molar-refractivity contribution in [1.82, 2.24) is 0 Å². The van der Waals surface area contributed by atoms with Crippen molar-refractivity contribution >= 4 is 34.5 Å². The zero-order valence-corrected chi connectivity index (χ0v) is 9.80. The van der Waals surface area contributed by atoms with E-state index in [0.717, 1.165) is 22.1 Å². The number of benzene rings is 1. The SMILES string of the molecule is CC1(C)CC(=S)Nc2cccc(Cl)c21. The minimum absolute atomic E-state index is 0.0377. The van der Waals surface area contributed by atoms with Gasteiger partial charge in [0.1, 0.15) is 0 Å². The van der Waals surface area contributed by atoms with Crippen molar-refractivity contribution in [1.29, 1.82) is 0 Å². The average molecular weight is 226 g/mol. The highest BCUT2D eigenvalue weighted by molar-refractivity contribution is 7.80. The molecule has 0 unspecified atom stereocenters. The number of halogens is 1. The Kier molecular flexibility index (Phi) is 2.28. The van der Waals surface area contributed by atoms with Gasteiger partial charge in [0.05, 0.1) is 4.99 Å². The third-order valence-corrected chi connectivity index (χ3v) is 3.13. The molecule has 0 saturated heterocycles. The van der Waals surface area contributed by atoms with Crippen molar-refractivity contribution < 1.29 is 0 Å². The molecule has 3 heteroatoms. The minimum Gasteiger partial charge on any atom is -0.350 e. The number of rotatable bonds is 0. The predicted octanol–water partition coefficient (Wildman–Crippen LogP) is 3.76. The maximum atomic E-state index is 6.19. The molecule has 1 nitrogen and oxygen atoms in total. The van der Waals surface area contributed by atoms with Gasteiger partial charge in [-0.25, -0.2) is 0 Å². The summed E-state index contributed by atoms with van der Waals surface area (Å²) in [5.41, 5.74) is 2.27. The zero-order valence-electron chi connectivity index (χ0n) is 8.23. The fraction of sp³-hybridized carbons (Fsp3) is 0.364. The first-order valence-electron chi connectivity index (χ1n) is 4.59. The normalized spacial score (nSPS) is 18.6. The second-order valence-corrected chi connectivity index (χ2v) is 5.17. The van der Waals surface area contributed by atoms with Crippen LogP contribution in [0.2, 0.25) is 5.02 Å². The maximum absolute atomic E-state index is 6.19. The standard InChI is InChI=1S/C11H12ClNS/c1-11(2)6-9(14)13-8-5-3-4-7(12)10(8)11/h3-5H,6H2,1-2H3,(H,13,14). The monoisotopic (exact) mass is 225 g/mol. The van der Waals surface area contributed by atoms with Gasteiger partial charge < -0.3 is 5.32 Å². The number of thiocarbonyl (C=S) groups is 1. The van der Waals surface area contributed by atoms with Crippen molar-refractivity contribution in [2.45, 2.75) is 25.7 Å². The Morgan fingerprint density at radius 2 is 2.14 bits per heavy atom. The summed E-state index contributed by atoms with van der Waals surface area (Å²) in [6, 6.07) is 5.89. The molecule has 0 amide bonds.